The van der Waals surface area contributed by atoms with E-state index in [9.17, 15) is 16.8 Å². The summed E-state index contributed by atoms with van der Waals surface area (Å²) < 4.78 is 53.5. The summed E-state index contributed by atoms with van der Waals surface area (Å²) in [4.78, 5) is 6.27. The average Bonchev–Trinajstić information content (AvgIpc) is 3.05. The maximum absolute atomic E-state index is 12.5. The number of hydrogen-bond donors (Lipinski definition) is 1. The van der Waals surface area contributed by atoms with E-state index in [1.165, 1.54) is 22.9 Å². The third-order valence-corrected chi connectivity index (χ3v) is 6.55. The van der Waals surface area contributed by atoms with Crippen molar-refractivity contribution >= 4 is 49.8 Å². The van der Waals surface area contributed by atoms with Crippen LogP contribution in [0.25, 0.3) is 0 Å². The molecule has 156 valence electrons. The first kappa shape index (κ1) is 24.1. The monoisotopic (exact) mass is 535 g/mol. The van der Waals surface area contributed by atoms with E-state index in [0.29, 0.717) is 44.4 Å². The van der Waals surface area contributed by atoms with Crippen molar-refractivity contribution in [2.24, 2.45) is 4.99 Å². The predicted molar refractivity (Wildman–Crippen MR) is 113 cm³/mol. The Morgan fingerprint density at radius 3 is 2.44 bits per heavy atom. The lowest BCUT2D eigenvalue weighted by Crippen LogP contribution is -2.54. The van der Waals surface area contributed by atoms with Gasteiger partial charge in [-0.25, -0.2) is 16.8 Å². The van der Waals surface area contributed by atoms with Gasteiger partial charge in [0.2, 0.25) is 10.0 Å². The molecule has 1 saturated heterocycles. The van der Waals surface area contributed by atoms with Crippen LogP contribution in [-0.2, 0) is 25.6 Å². The number of halogens is 1. The van der Waals surface area contributed by atoms with Crippen molar-refractivity contribution in [2.45, 2.75) is 12.7 Å². The highest BCUT2D eigenvalue weighted by atomic mass is 127. The normalized spacial score (nSPS) is 16.8. The van der Waals surface area contributed by atoms with E-state index in [1.54, 1.807) is 0 Å². The van der Waals surface area contributed by atoms with Crippen LogP contribution in [0.15, 0.2) is 21.8 Å². The van der Waals surface area contributed by atoms with Crippen molar-refractivity contribution < 1.29 is 21.4 Å². The molecule has 0 atom stereocenters. The summed E-state index contributed by atoms with van der Waals surface area (Å²) in [6.07, 6.45) is 2.52. The van der Waals surface area contributed by atoms with Crippen LogP contribution in [0.5, 0.6) is 0 Å². The Labute approximate surface area is 177 Å². The first-order valence-electron chi connectivity index (χ1n) is 8.29. The summed E-state index contributed by atoms with van der Waals surface area (Å²) >= 11 is 0. The smallest absolute Gasteiger partial charge is 0.220 e. The number of aromatic nitrogens is 1. The molecule has 0 radical (unpaired) electrons. The van der Waals surface area contributed by atoms with E-state index >= 15 is 0 Å². The fourth-order valence-corrected chi connectivity index (χ4v) is 4.36. The maximum atomic E-state index is 12.5. The Kier molecular flexibility index (Phi) is 9.44. The molecule has 0 spiro atoms. The molecule has 0 amide bonds. The molecular weight excluding hydrogens is 509 g/mol. The van der Waals surface area contributed by atoms with E-state index in [2.05, 4.69) is 20.0 Å². The summed E-state index contributed by atoms with van der Waals surface area (Å²) in [5.41, 5.74) is 0.378. The van der Waals surface area contributed by atoms with Crippen LogP contribution in [0, 0.1) is 0 Å². The Bertz CT molecular complexity index is 803. The van der Waals surface area contributed by atoms with Gasteiger partial charge in [-0.15, -0.1) is 24.0 Å². The van der Waals surface area contributed by atoms with Crippen LogP contribution >= 0.6 is 24.0 Å². The molecular formula is C14H26IN5O5S2. The topological polar surface area (TPSA) is 125 Å². The largest absolute Gasteiger partial charge is 0.364 e. The molecule has 27 heavy (non-hydrogen) atoms. The van der Waals surface area contributed by atoms with Crippen LogP contribution in [0.4, 0.5) is 0 Å². The zero-order chi connectivity index (χ0) is 19.2. The second-order valence-electron chi connectivity index (χ2n) is 6.00. The minimum absolute atomic E-state index is 0. The molecule has 2 heterocycles. The summed E-state index contributed by atoms with van der Waals surface area (Å²) in [6.45, 7) is 4.35. The second-order valence-corrected chi connectivity index (χ2v) is 10.2. The van der Waals surface area contributed by atoms with Gasteiger partial charge in [0.15, 0.2) is 5.96 Å². The third-order valence-electron chi connectivity index (χ3n) is 3.81. The molecule has 13 heteroatoms. The second kappa shape index (κ2) is 10.6. The van der Waals surface area contributed by atoms with Crippen molar-refractivity contribution in [1.82, 2.24) is 19.7 Å². The number of aliphatic imine (C=N–C) groups is 1. The maximum Gasteiger partial charge on any atom is 0.220 e. The Balaban J connectivity index is 0.00000364. The highest BCUT2D eigenvalue weighted by Crippen LogP contribution is 2.12. The number of nitrogens with zero attached hydrogens (tertiary/aromatic N) is 4. The molecule has 0 saturated carbocycles. The van der Waals surface area contributed by atoms with Gasteiger partial charge in [-0.3, -0.25) is 4.99 Å². The molecule has 1 aromatic heterocycles. The first-order valence-corrected chi connectivity index (χ1v) is 12.0. The molecule has 0 bridgehead atoms. The van der Waals surface area contributed by atoms with E-state index in [1.807, 2.05) is 11.8 Å². The number of guanidine groups is 1. The highest BCUT2D eigenvalue weighted by molar-refractivity contribution is 14.0. The lowest BCUT2D eigenvalue weighted by atomic mass is 10.4. The summed E-state index contributed by atoms with van der Waals surface area (Å²) in [5.74, 6) is 0.393. The molecule has 0 aromatic carbocycles. The fraction of sp³-hybridized carbons (Fsp3) is 0.714. The van der Waals surface area contributed by atoms with E-state index in [0.717, 1.165) is 0 Å². The number of piperazine rings is 1. The van der Waals surface area contributed by atoms with Crippen molar-refractivity contribution in [3.63, 3.8) is 0 Å². The molecule has 1 aromatic rings. The standard InChI is InChI=1S/C14H25N5O5S2.HI/c1-3-15-14(16-5-11-25(2,20)21)18-6-8-19(9-7-18)26(22,23)12-13-4-10-24-17-13;/h4,10H,3,5-9,11-12H2,1-2H3,(H,15,16);1H. The van der Waals surface area contributed by atoms with Gasteiger partial charge < -0.3 is 14.7 Å². The first-order chi connectivity index (χ1) is 12.2. The van der Waals surface area contributed by atoms with Gasteiger partial charge in [-0.05, 0) is 6.92 Å². The van der Waals surface area contributed by atoms with Crippen LogP contribution in [0.2, 0.25) is 0 Å². The summed E-state index contributed by atoms with van der Waals surface area (Å²) in [6, 6.07) is 1.53. The van der Waals surface area contributed by atoms with Crippen molar-refractivity contribution in [1.29, 1.82) is 0 Å². The van der Waals surface area contributed by atoms with Crippen LogP contribution in [0.1, 0.15) is 12.6 Å². The number of hydrogen-bond acceptors (Lipinski definition) is 7. The SMILES string of the molecule is CCNC(=NCCS(C)(=O)=O)N1CCN(S(=O)(=O)Cc2ccon2)CC1.I. The van der Waals surface area contributed by atoms with Crippen LogP contribution in [-0.4, -0.2) is 88.4 Å². The zero-order valence-corrected chi connectivity index (χ0v) is 19.3. The molecule has 1 fully saturated rings. The minimum atomic E-state index is -3.46. The lowest BCUT2D eigenvalue weighted by Gasteiger charge is -2.35. The number of sulfonamides is 1. The third kappa shape index (κ3) is 7.91. The van der Waals surface area contributed by atoms with Gasteiger partial charge in [0, 0.05) is 45.0 Å². The molecule has 0 aliphatic carbocycles. The van der Waals surface area contributed by atoms with Crippen molar-refractivity contribution in [3.8, 4) is 0 Å². The van der Waals surface area contributed by atoms with Gasteiger partial charge in [-0.2, -0.15) is 4.31 Å². The number of sulfone groups is 1. The van der Waals surface area contributed by atoms with Gasteiger partial charge in [0.1, 0.15) is 21.9 Å². The summed E-state index contributed by atoms with van der Waals surface area (Å²) in [7, 11) is -6.53. The number of nitrogens with one attached hydrogen (secondary N) is 1. The fourth-order valence-electron chi connectivity index (χ4n) is 2.51. The van der Waals surface area contributed by atoms with E-state index in [-0.39, 0.29) is 42.0 Å². The zero-order valence-electron chi connectivity index (χ0n) is 15.4. The molecule has 1 aliphatic rings. The van der Waals surface area contributed by atoms with Crippen LogP contribution in [0.3, 0.4) is 0 Å². The Morgan fingerprint density at radius 2 is 1.93 bits per heavy atom. The quantitative estimate of drug-likeness (QED) is 0.288. The number of rotatable bonds is 7. The molecule has 1 aliphatic heterocycles. The lowest BCUT2D eigenvalue weighted by molar-refractivity contribution is 0.260. The minimum Gasteiger partial charge on any atom is -0.364 e. The van der Waals surface area contributed by atoms with Crippen LogP contribution < -0.4 is 5.32 Å². The van der Waals surface area contributed by atoms with E-state index < -0.39 is 19.9 Å². The van der Waals surface area contributed by atoms with Gasteiger partial charge in [0.25, 0.3) is 0 Å². The van der Waals surface area contributed by atoms with E-state index in [4.69, 9.17) is 0 Å². The van der Waals surface area contributed by atoms with Crippen molar-refractivity contribution in [2.75, 3.05) is 51.3 Å². The Morgan fingerprint density at radius 1 is 1.26 bits per heavy atom. The molecule has 2 rings (SSSR count). The average molecular weight is 535 g/mol. The van der Waals surface area contributed by atoms with Crippen molar-refractivity contribution in [3.05, 3.63) is 18.0 Å². The van der Waals surface area contributed by atoms with Gasteiger partial charge in [-0.1, -0.05) is 5.16 Å². The highest BCUT2D eigenvalue weighted by Gasteiger charge is 2.29. The molecule has 1 N–H and O–H groups in total. The summed E-state index contributed by atoms with van der Waals surface area (Å²) in [5, 5.41) is 6.77. The van der Waals surface area contributed by atoms with Gasteiger partial charge in [0.05, 0.1) is 18.0 Å². The Hall–Kier alpha value is -0.930. The molecule has 0 unspecified atom stereocenters. The van der Waals surface area contributed by atoms with Gasteiger partial charge >= 0.3 is 0 Å². The molecule has 10 nitrogen and oxygen atoms in total. The predicted octanol–water partition coefficient (Wildman–Crippen LogP) is -0.250.